The molecule has 0 aromatic carbocycles. The van der Waals surface area contributed by atoms with E-state index >= 15 is 0 Å². The Kier molecular flexibility index (Phi) is 3.24. The van der Waals surface area contributed by atoms with Crippen LogP contribution in [0.15, 0.2) is 15.8 Å². The van der Waals surface area contributed by atoms with Gasteiger partial charge >= 0.3 is 5.69 Å². The number of hydrogen-bond acceptors (Lipinski definition) is 3. The molecule has 0 aliphatic carbocycles. The second-order valence-electron chi connectivity index (χ2n) is 3.82. The summed E-state index contributed by atoms with van der Waals surface area (Å²) in [6.45, 7) is 5.14. The van der Waals surface area contributed by atoms with E-state index in [2.05, 4.69) is 4.98 Å². The van der Waals surface area contributed by atoms with Gasteiger partial charge in [0.1, 0.15) is 0 Å². The maximum Gasteiger partial charge on any atom is 0.328 e. The second kappa shape index (κ2) is 4.25. The van der Waals surface area contributed by atoms with E-state index in [9.17, 15) is 14.4 Å². The Morgan fingerprint density at radius 1 is 1.47 bits per heavy atom. The molecule has 5 nitrogen and oxygen atoms in total. The van der Waals surface area contributed by atoms with Gasteiger partial charge in [0, 0.05) is 17.7 Å². The van der Waals surface area contributed by atoms with Gasteiger partial charge in [0.05, 0.1) is 6.54 Å². The second-order valence-corrected chi connectivity index (χ2v) is 3.82. The van der Waals surface area contributed by atoms with E-state index in [4.69, 9.17) is 0 Å². The number of Topliss-reactive ketones (excluding diaryl/α,β-unsaturated/α-hetero) is 1. The number of carbonyl (C=O) groups is 1. The summed E-state index contributed by atoms with van der Waals surface area (Å²) in [5.41, 5.74) is -0.529. The maximum absolute atomic E-state index is 11.4. The Hall–Kier alpha value is -1.65. The number of hydrogen-bond donors (Lipinski definition) is 1. The standard InChI is InChI=1S/C10H14N2O3/c1-6(2)8(13)5-12-4-7(3)9(14)11-10(12)15/h4,6H,5H2,1-3H3,(H,11,14,15). The van der Waals surface area contributed by atoms with Crippen LogP contribution in [0.5, 0.6) is 0 Å². The van der Waals surface area contributed by atoms with Crippen molar-refractivity contribution in [3.63, 3.8) is 0 Å². The summed E-state index contributed by atoms with van der Waals surface area (Å²) in [6.07, 6.45) is 1.40. The molecule has 0 aliphatic rings. The van der Waals surface area contributed by atoms with Crippen LogP contribution in [-0.2, 0) is 11.3 Å². The fourth-order valence-electron chi connectivity index (χ4n) is 1.09. The zero-order chi connectivity index (χ0) is 11.6. The minimum absolute atomic E-state index is 0.00806. The van der Waals surface area contributed by atoms with Gasteiger partial charge in [0.15, 0.2) is 5.78 Å². The van der Waals surface area contributed by atoms with Crippen LogP contribution in [0, 0.1) is 12.8 Å². The lowest BCUT2D eigenvalue weighted by atomic mass is 10.1. The Labute approximate surface area is 86.8 Å². The molecule has 5 heteroatoms. The molecule has 0 amide bonds. The van der Waals surface area contributed by atoms with Gasteiger partial charge in [-0.2, -0.15) is 0 Å². The van der Waals surface area contributed by atoms with E-state index in [-0.39, 0.29) is 18.2 Å². The van der Waals surface area contributed by atoms with Crippen molar-refractivity contribution in [2.45, 2.75) is 27.3 Å². The first-order valence-electron chi connectivity index (χ1n) is 4.75. The van der Waals surface area contributed by atoms with Gasteiger partial charge in [-0.25, -0.2) is 4.79 Å². The molecule has 0 unspecified atom stereocenters. The fourth-order valence-corrected chi connectivity index (χ4v) is 1.09. The van der Waals surface area contributed by atoms with Crippen LogP contribution in [0.3, 0.4) is 0 Å². The van der Waals surface area contributed by atoms with Crippen LogP contribution in [0.4, 0.5) is 0 Å². The predicted molar refractivity (Wildman–Crippen MR) is 55.9 cm³/mol. The van der Waals surface area contributed by atoms with Crippen molar-refractivity contribution >= 4 is 5.78 Å². The average molecular weight is 210 g/mol. The monoisotopic (exact) mass is 210 g/mol. The van der Waals surface area contributed by atoms with Gasteiger partial charge in [-0.15, -0.1) is 0 Å². The maximum atomic E-state index is 11.4. The molecular weight excluding hydrogens is 196 g/mol. The smallest absolute Gasteiger partial charge is 0.297 e. The summed E-state index contributed by atoms with van der Waals surface area (Å²) < 4.78 is 1.22. The predicted octanol–water partition coefficient (Wildman–Crippen LogP) is 0.0701. The molecule has 1 N–H and O–H groups in total. The highest BCUT2D eigenvalue weighted by Gasteiger charge is 2.09. The highest BCUT2D eigenvalue weighted by molar-refractivity contribution is 5.80. The normalized spacial score (nSPS) is 10.7. The van der Waals surface area contributed by atoms with Gasteiger partial charge < -0.3 is 0 Å². The number of aromatic amines is 1. The van der Waals surface area contributed by atoms with Gasteiger partial charge in [0.2, 0.25) is 0 Å². The molecule has 1 aromatic heterocycles. The first-order chi connectivity index (χ1) is 6.91. The van der Waals surface area contributed by atoms with Crippen LogP contribution in [0.1, 0.15) is 19.4 Å². The van der Waals surface area contributed by atoms with Crippen LogP contribution in [0.2, 0.25) is 0 Å². The zero-order valence-electron chi connectivity index (χ0n) is 9.03. The number of H-pyrrole nitrogens is 1. The third kappa shape index (κ3) is 2.65. The first kappa shape index (κ1) is 11.4. The highest BCUT2D eigenvalue weighted by atomic mass is 16.2. The van der Waals surface area contributed by atoms with Gasteiger partial charge in [-0.05, 0) is 6.92 Å². The van der Waals surface area contributed by atoms with Crippen molar-refractivity contribution < 1.29 is 4.79 Å². The Balaban J connectivity index is 3.07. The molecule has 0 spiro atoms. The summed E-state index contributed by atoms with van der Waals surface area (Å²) in [6, 6.07) is 0. The summed E-state index contributed by atoms with van der Waals surface area (Å²) in [4.78, 5) is 35.9. The molecule has 0 aliphatic heterocycles. The topological polar surface area (TPSA) is 71.9 Å². The minimum Gasteiger partial charge on any atom is -0.297 e. The highest BCUT2D eigenvalue weighted by Crippen LogP contribution is 1.96. The van der Waals surface area contributed by atoms with E-state index in [0.29, 0.717) is 5.56 Å². The number of rotatable bonds is 3. The summed E-state index contributed by atoms with van der Waals surface area (Å²) in [7, 11) is 0. The quantitative estimate of drug-likeness (QED) is 0.767. The zero-order valence-corrected chi connectivity index (χ0v) is 9.03. The summed E-state index contributed by atoms with van der Waals surface area (Å²) >= 11 is 0. The van der Waals surface area contributed by atoms with Gasteiger partial charge in [0.25, 0.3) is 5.56 Å². The van der Waals surface area contributed by atoms with Crippen LogP contribution in [0.25, 0.3) is 0 Å². The summed E-state index contributed by atoms with van der Waals surface area (Å²) in [5.74, 6) is -0.160. The van der Waals surface area contributed by atoms with Gasteiger partial charge in [-0.3, -0.25) is 19.1 Å². The molecule has 0 fully saturated rings. The fraction of sp³-hybridized carbons (Fsp3) is 0.500. The summed E-state index contributed by atoms with van der Waals surface area (Å²) in [5, 5.41) is 0. The number of aromatic nitrogens is 2. The number of aryl methyl sites for hydroxylation is 1. The molecule has 1 aromatic rings. The van der Waals surface area contributed by atoms with E-state index in [1.54, 1.807) is 20.8 Å². The number of nitrogens with zero attached hydrogens (tertiary/aromatic N) is 1. The lowest BCUT2D eigenvalue weighted by Crippen LogP contribution is -2.33. The van der Waals surface area contributed by atoms with Crippen molar-refractivity contribution in [2.75, 3.05) is 0 Å². The third-order valence-electron chi connectivity index (χ3n) is 2.16. The number of ketones is 1. The first-order valence-corrected chi connectivity index (χ1v) is 4.75. The van der Waals surface area contributed by atoms with Crippen molar-refractivity contribution in [1.29, 1.82) is 0 Å². The molecule has 0 atom stereocenters. The Morgan fingerprint density at radius 2 is 2.07 bits per heavy atom. The van der Waals surface area contributed by atoms with E-state index in [1.165, 1.54) is 10.8 Å². The molecule has 0 saturated carbocycles. The number of carbonyl (C=O) groups excluding carboxylic acids is 1. The van der Waals surface area contributed by atoms with Crippen molar-refractivity contribution in [2.24, 2.45) is 5.92 Å². The van der Waals surface area contributed by atoms with Crippen LogP contribution in [-0.4, -0.2) is 15.3 Å². The average Bonchev–Trinajstić information content (AvgIpc) is 2.13. The van der Waals surface area contributed by atoms with E-state index in [1.807, 2.05) is 0 Å². The van der Waals surface area contributed by atoms with Crippen molar-refractivity contribution in [1.82, 2.24) is 9.55 Å². The lowest BCUT2D eigenvalue weighted by Gasteiger charge is -2.06. The lowest BCUT2D eigenvalue weighted by molar-refractivity contribution is -0.122. The van der Waals surface area contributed by atoms with Crippen molar-refractivity contribution in [3.05, 3.63) is 32.6 Å². The minimum atomic E-state index is -0.542. The number of nitrogens with one attached hydrogen (secondary N) is 1. The van der Waals surface area contributed by atoms with Crippen LogP contribution >= 0.6 is 0 Å². The molecule has 0 bridgehead atoms. The molecule has 0 saturated heterocycles. The van der Waals surface area contributed by atoms with E-state index in [0.717, 1.165) is 0 Å². The van der Waals surface area contributed by atoms with Crippen molar-refractivity contribution in [3.8, 4) is 0 Å². The molecule has 0 radical (unpaired) electrons. The Morgan fingerprint density at radius 3 is 2.60 bits per heavy atom. The molecular formula is C10H14N2O3. The molecule has 1 heterocycles. The SMILES string of the molecule is Cc1cn(CC(=O)C(C)C)c(=O)[nH]c1=O. The third-order valence-corrected chi connectivity index (χ3v) is 2.16. The van der Waals surface area contributed by atoms with Crippen LogP contribution < -0.4 is 11.2 Å². The molecule has 1 rings (SSSR count). The Bertz CT molecular complexity index is 482. The van der Waals surface area contributed by atoms with E-state index < -0.39 is 11.2 Å². The van der Waals surface area contributed by atoms with Gasteiger partial charge in [-0.1, -0.05) is 13.8 Å². The molecule has 82 valence electrons. The molecule has 15 heavy (non-hydrogen) atoms. The largest absolute Gasteiger partial charge is 0.328 e.